The molecule has 1 aromatic rings. The number of halogens is 2. The molecule has 0 unspecified atom stereocenters. The van der Waals surface area contributed by atoms with Crippen molar-refractivity contribution < 1.29 is 18.6 Å². The fourth-order valence-electron chi connectivity index (χ4n) is 1.64. The molecule has 0 spiro atoms. The molecule has 15 heavy (non-hydrogen) atoms. The third kappa shape index (κ3) is 1.43. The van der Waals surface area contributed by atoms with E-state index in [0.29, 0.717) is 18.9 Å². The van der Waals surface area contributed by atoms with Gasteiger partial charge in [-0.1, -0.05) is 0 Å². The van der Waals surface area contributed by atoms with Gasteiger partial charge in [0.05, 0.1) is 12.7 Å². The molecule has 0 bridgehead atoms. The Labute approximate surface area is 85.5 Å². The zero-order valence-corrected chi connectivity index (χ0v) is 8.18. The van der Waals surface area contributed by atoms with Crippen LogP contribution in [0, 0.1) is 11.6 Å². The van der Waals surface area contributed by atoms with E-state index >= 15 is 0 Å². The first-order chi connectivity index (χ1) is 6.99. The number of methoxy groups -OCH3 is 1. The van der Waals surface area contributed by atoms with E-state index in [9.17, 15) is 13.9 Å². The van der Waals surface area contributed by atoms with Gasteiger partial charge in [-0.25, -0.2) is 8.78 Å². The summed E-state index contributed by atoms with van der Waals surface area (Å²) in [5.74, 6) is -2.65. The largest absolute Gasteiger partial charge is 0.504 e. The summed E-state index contributed by atoms with van der Waals surface area (Å²) in [6.45, 7) is 0. The first-order valence-electron chi connectivity index (χ1n) is 4.54. The van der Waals surface area contributed by atoms with Crippen molar-refractivity contribution in [3.05, 3.63) is 23.3 Å². The highest BCUT2D eigenvalue weighted by Gasteiger charge is 2.45. The lowest BCUT2D eigenvalue weighted by Gasteiger charge is -2.15. The van der Waals surface area contributed by atoms with Crippen LogP contribution in [-0.4, -0.2) is 12.2 Å². The van der Waals surface area contributed by atoms with Gasteiger partial charge in [-0.2, -0.15) is 0 Å². The van der Waals surface area contributed by atoms with Gasteiger partial charge in [-0.15, -0.1) is 0 Å². The standard InChI is InChI=1S/C10H11F2NO2/c1-15-9-6(12)4-5(11)7(8(9)14)10(13)2-3-10/h4,14H,2-3,13H2,1H3. The molecule has 0 aromatic heterocycles. The van der Waals surface area contributed by atoms with Crippen molar-refractivity contribution in [1.82, 2.24) is 0 Å². The maximum Gasteiger partial charge on any atom is 0.197 e. The summed E-state index contributed by atoms with van der Waals surface area (Å²) in [5, 5.41) is 9.64. The highest BCUT2D eigenvalue weighted by atomic mass is 19.1. The predicted molar refractivity (Wildman–Crippen MR) is 49.7 cm³/mol. The fraction of sp³-hybridized carbons (Fsp3) is 0.400. The Balaban J connectivity index is 2.64. The van der Waals surface area contributed by atoms with Crippen LogP contribution >= 0.6 is 0 Å². The number of aromatic hydroxyl groups is 1. The molecule has 82 valence electrons. The Kier molecular flexibility index (Phi) is 2.08. The van der Waals surface area contributed by atoms with Crippen LogP contribution in [-0.2, 0) is 5.54 Å². The molecule has 0 saturated heterocycles. The van der Waals surface area contributed by atoms with Gasteiger partial charge in [-0.05, 0) is 12.8 Å². The van der Waals surface area contributed by atoms with Crippen LogP contribution in [0.1, 0.15) is 18.4 Å². The van der Waals surface area contributed by atoms with Gasteiger partial charge in [0.25, 0.3) is 0 Å². The molecule has 3 N–H and O–H groups in total. The van der Waals surface area contributed by atoms with Crippen LogP contribution in [0.3, 0.4) is 0 Å². The van der Waals surface area contributed by atoms with Gasteiger partial charge in [0.15, 0.2) is 17.3 Å². The Morgan fingerprint density at radius 3 is 2.47 bits per heavy atom. The van der Waals surface area contributed by atoms with Gasteiger partial charge < -0.3 is 15.6 Å². The van der Waals surface area contributed by atoms with Gasteiger partial charge in [0.2, 0.25) is 0 Å². The average Bonchev–Trinajstić information content (AvgIpc) is 2.83. The van der Waals surface area contributed by atoms with Crippen LogP contribution in [0.5, 0.6) is 11.5 Å². The van der Waals surface area contributed by atoms with Gasteiger partial charge in [0, 0.05) is 11.6 Å². The number of nitrogens with two attached hydrogens (primary N) is 1. The molecule has 0 amide bonds. The second-order valence-electron chi connectivity index (χ2n) is 3.75. The summed E-state index contributed by atoms with van der Waals surface area (Å²) in [5.41, 5.74) is 4.84. The number of benzene rings is 1. The third-order valence-corrected chi connectivity index (χ3v) is 2.65. The second-order valence-corrected chi connectivity index (χ2v) is 3.75. The minimum Gasteiger partial charge on any atom is -0.504 e. The number of ether oxygens (including phenoxy) is 1. The lowest BCUT2D eigenvalue weighted by atomic mass is 10.0. The van der Waals surface area contributed by atoms with Crippen molar-refractivity contribution in [2.45, 2.75) is 18.4 Å². The van der Waals surface area contributed by atoms with Crippen molar-refractivity contribution in [3.63, 3.8) is 0 Å². The summed E-state index contributed by atoms with van der Waals surface area (Å²) in [6.07, 6.45) is 1.15. The van der Waals surface area contributed by atoms with Crippen molar-refractivity contribution in [2.24, 2.45) is 5.73 Å². The minimum absolute atomic E-state index is 0.0549. The summed E-state index contributed by atoms with van der Waals surface area (Å²) >= 11 is 0. The first-order valence-corrected chi connectivity index (χ1v) is 4.54. The molecule has 5 heteroatoms. The van der Waals surface area contributed by atoms with E-state index < -0.39 is 22.9 Å². The number of rotatable bonds is 2. The predicted octanol–water partition coefficient (Wildman–Crippen LogP) is 1.63. The van der Waals surface area contributed by atoms with E-state index in [4.69, 9.17) is 5.73 Å². The summed E-state index contributed by atoms with van der Waals surface area (Å²) < 4.78 is 31.2. The molecule has 1 aliphatic carbocycles. The SMILES string of the molecule is COc1c(F)cc(F)c(C2(N)CC2)c1O. The van der Waals surface area contributed by atoms with E-state index in [0.717, 1.165) is 0 Å². The second kappa shape index (κ2) is 3.06. The summed E-state index contributed by atoms with van der Waals surface area (Å²) in [4.78, 5) is 0. The highest BCUT2D eigenvalue weighted by molar-refractivity contribution is 5.52. The first kappa shape index (κ1) is 10.2. The monoisotopic (exact) mass is 215 g/mol. The average molecular weight is 215 g/mol. The van der Waals surface area contributed by atoms with Crippen LogP contribution in [0.15, 0.2) is 6.07 Å². The number of phenolic OH excluding ortho intramolecular Hbond substituents is 1. The molecule has 1 fully saturated rings. The molecule has 0 atom stereocenters. The minimum atomic E-state index is -0.930. The third-order valence-electron chi connectivity index (χ3n) is 2.65. The summed E-state index contributed by atoms with van der Waals surface area (Å²) in [6, 6.07) is 0.681. The molecular formula is C10H11F2NO2. The van der Waals surface area contributed by atoms with E-state index in [-0.39, 0.29) is 11.3 Å². The highest BCUT2D eigenvalue weighted by Crippen LogP contribution is 2.50. The molecule has 0 radical (unpaired) electrons. The van der Waals surface area contributed by atoms with E-state index in [2.05, 4.69) is 4.74 Å². The Hall–Kier alpha value is -1.36. The molecule has 1 saturated carbocycles. The maximum absolute atomic E-state index is 13.4. The van der Waals surface area contributed by atoms with E-state index in [1.165, 1.54) is 7.11 Å². The molecule has 0 aliphatic heterocycles. The van der Waals surface area contributed by atoms with Crippen LogP contribution in [0.25, 0.3) is 0 Å². The van der Waals surface area contributed by atoms with Gasteiger partial charge in [0.1, 0.15) is 5.82 Å². The zero-order valence-electron chi connectivity index (χ0n) is 8.18. The molecule has 3 nitrogen and oxygen atoms in total. The van der Waals surface area contributed by atoms with E-state index in [1.54, 1.807) is 0 Å². The smallest absolute Gasteiger partial charge is 0.197 e. The topological polar surface area (TPSA) is 55.5 Å². The molecule has 1 aromatic carbocycles. The Bertz CT molecular complexity index is 416. The summed E-state index contributed by atoms with van der Waals surface area (Å²) in [7, 11) is 1.20. The van der Waals surface area contributed by atoms with Gasteiger partial charge >= 0.3 is 0 Å². The van der Waals surface area contributed by atoms with Crippen LogP contribution in [0.4, 0.5) is 8.78 Å². The lowest BCUT2D eigenvalue weighted by molar-refractivity contribution is 0.340. The van der Waals surface area contributed by atoms with Crippen LogP contribution < -0.4 is 10.5 Å². The van der Waals surface area contributed by atoms with Crippen molar-refractivity contribution in [3.8, 4) is 11.5 Å². The fourth-order valence-corrected chi connectivity index (χ4v) is 1.64. The quantitative estimate of drug-likeness (QED) is 0.788. The molecule has 1 aliphatic rings. The lowest BCUT2D eigenvalue weighted by Crippen LogP contribution is -2.21. The molecular weight excluding hydrogens is 204 g/mol. The molecule has 0 heterocycles. The van der Waals surface area contributed by atoms with Crippen molar-refractivity contribution in [1.29, 1.82) is 0 Å². The van der Waals surface area contributed by atoms with Crippen molar-refractivity contribution >= 4 is 0 Å². The Morgan fingerprint density at radius 2 is 2.00 bits per heavy atom. The zero-order chi connectivity index (χ0) is 11.2. The normalized spacial score (nSPS) is 17.6. The van der Waals surface area contributed by atoms with E-state index in [1.807, 2.05) is 0 Å². The maximum atomic E-state index is 13.4. The van der Waals surface area contributed by atoms with Crippen molar-refractivity contribution in [2.75, 3.05) is 7.11 Å². The van der Waals surface area contributed by atoms with Gasteiger partial charge in [-0.3, -0.25) is 0 Å². The number of hydrogen-bond acceptors (Lipinski definition) is 3. The Morgan fingerprint density at radius 1 is 1.40 bits per heavy atom. The van der Waals surface area contributed by atoms with Crippen LogP contribution in [0.2, 0.25) is 0 Å². The number of phenols is 1. The molecule has 2 rings (SSSR count). The number of hydrogen-bond donors (Lipinski definition) is 2.